The molecule has 0 saturated heterocycles. The molecule has 106 valence electrons. The zero-order valence-electron chi connectivity index (χ0n) is 12.7. The standard InChI is InChI=1S/C18H23NO/c1-12-5-8-18(17(9-12)15(4)19)20-11-16-7-6-13(2)14(3)10-16/h5-10,15H,11,19H2,1-4H3/t15-/m0/s1. The zero-order chi connectivity index (χ0) is 14.7. The van der Waals surface area contributed by atoms with Crippen molar-refractivity contribution in [3.05, 3.63) is 64.2 Å². The Hall–Kier alpha value is -1.80. The zero-order valence-corrected chi connectivity index (χ0v) is 12.7. The van der Waals surface area contributed by atoms with Crippen molar-refractivity contribution >= 4 is 0 Å². The van der Waals surface area contributed by atoms with E-state index in [1.54, 1.807) is 0 Å². The summed E-state index contributed by atoms with van der Waals surface area (Å²) in [5.41, 5.74) is 12.1. The maximum absolute atomic E-state index is 6.02. The second-order valence-corrected chi connectivity index (χ2v) is 5.54. The fourth-order valence-electron chi connectivity index (χ4n) is 2.21. The van der Waals surface area contributed by atoms with Crippen LogP contribution >= 0.6 is 0 Å². The number of ether oxygens (including phenoxy) is 1. The summed E-state index contributed by atoms with van der Waals surface area (Å²) in [6, 6.07) is 12.6. The van der Waals surface area contributed by atoms with Crippen LogP contribution in [0, 0.1) is 20.8 Å². The smallest absolute Gasteiger partial charge is 0.124 e. The van der Waals surface area contributed by atoms with E-state index in [9.17, 15) is 0 Å². The lowest BCUT2D eigenvalue weighted by Gasteiger charge is -2.15. The van der Waals surface area contributed by atoms with Crippen LogP contribution in [0.2, 0.25) is 0 Å². The molecule has 2 N–H and O–H groups in total. The molecule has 2 nitrogen and oxygen atoms in total. The largest absolute Gasteiger partial charge is 0.489 e. The first-order valence-electron chi connectivity index (χ1n) is 7.02. The van der Waals surface area contributed by atoms with Gasteiger partial charge in [-0.2, -0.15) is 0 Å². The van der Waals surface area contributed by atoms with Crippen LogP contribution in [-0.2, 0) is 6.61 Å². The van der Waals surface area contributed by atoms with E-state index in [2.05, 4.69) is 51.1 Å². The van der Waals surface area contributed by atoms with Crippen molar-refractivity contribution in [3.8, 4) is 5.75 Å². The van der Waals surface area contributed by atoms with E-state index in [1.807, 2.05) is 13.0 Å². The molecule has 0 radical (unpaired) electrons. The summed E-state index contributed by atoms with van der Waals surface area (Å²) in [6.45, 7) is 8.87. The van der Waals surface area contributed by atoms with Gasteiger partial charge in [0, 0.05) is 11.6 Å². The first kappa shape index (κ1) is 14.6. The quantitative estimate of drug-likeness (QED) is 0.902. The highest BCUT2D eigenvalue weighted by molar-refractivity contribution is 5.39. The van der Waals surface area contributed by atoms with E-state index >= 15 is 0 Å². The highest BCUT2D eigenvalue weighted by atomic mass is 16.5. The minimum absolute atomic E-state index is 0.0235. The van der Waals surface area contributed by atoms with Gasteiger partial charge in [-0.25, -0.2) is 0 Å². The predicted molar refractivity (Wildman–Crippen MR) is 84.0 cm³/mol. The lowest BCUT2D eigenvalue weighted by molar-refractivity contribution is 0.301. The molecule has 0 aliphatic rings. The average Bonchev–Trinajstić information content (AvgIpc) is 2.41. The first-order valence-corrected chi connectivity index (χ1v) is 7.02. The Morgan fingerprint density at radius 2 is 1.75 bits per heavy atom. The highest BCUT2D eigenvalue weighted by Crippen LogP contribution is 2.26. The maximum atomic E-state index is 6.02. The molecule has 0 aromatic heterocycles. The van der Waals surface area contributed by atoms with Gasteiger partial charge >= 0.3 is 0 Å². The minimum Gasteiger partial charge on any atom is -0.489 e. The van der Waals surface area contributed by atoms with Gasteiger partial charge in [-0.15, -0.1) is 0 Å². The van der Waals surface area contributed by atoms with Gasteiger partial charge in [0.15, 0.2) is 0 Å². The molecule has 2 aromatic carbocycles. The van der Waals surface area contributed by atoms with E-state index in [-0.39, 0.29) is 6.04 Å². The molecule has 2 heteroatoms. The van der Waals surface area contributed by atoms with Crippen LogP contribution in [0.1, 0.15) is 40.8 Å². The lowest BCUT2D eigenvalue weighted by atomic mass is 10.0. The van der Waals surface area contributed by atoms with Gasteiger partial charge in [0.2, 0.25) is 0 Å². The van der Waals surface area contributed by atoms with Crippen LogP contribution < -0.4 is 10.5 Å². The topological polar surface area (TPSA) is 35.2 Å². The molecule has 0 amide bonds. The van der Waals surface area contributed by atoms with Crippen molar-refractivity contribution in [3.63, 3.8) is 0 Å². The van der Waals surface area contributed by atoms with Crippen molar-refractivity contribution < 1.29 is 4.74 Å². The Kier molecular flexibility index (Phi) is 4.46. The monoisotopic (exact) mass is 269 g/mol. The molecule has 0 saturated carbocycles. The Morgan fingerprint density at radius 3 is 2.40 bits per heavy atom. The molecule has 0 spiro atoms. The number of nitrogens with two attached hydrogens (primary N) is 1. The van der Waals surface area contributed by atoms with Gasteiger partial charge in [0.1, 0.15) is 12.4 Å². The molecule has 0 unspecified atom stereocenters. The maximum Gasteiger partial charge on any atom is 0.124 e. The Morgan fingerprint density at radius 1 is 1.00 bits per heavy atom. The van der Waals surface area contributed by atoms with E-state index in [0.29, 0.717) is 6.61 Å². The van der Waals surface area contributed by atoms with Crippen LogP contribution in [0.15, 0.2) is 36.4 Å². The highest BCUT2D eigenvalue weighted by Gasteiger charge is 2.08. The molecular formula is C18H23NO. The molecule has 0 heterocycles. The Balaban J connectivity index is 2.16. The lowest BCUT2D eigenvalue weighted by Crippen LogP contribution is -2.08. The SMILES string of the molecule is Cc1ccc(OCc2ccc(C)c(C)c2)c([C@H](C)N)c1. The summed E-state index contributed by atoms with van der Waals surface area (Å²) >= 11 is 0. The van der Waals surface area contributed by atoms with Crippen molar-refractivity contribution in [2.45, 2.75) is 40.3 Å². The summed E-state index contributed by atoms with van der Waals surface area (Å²) in [4.78, 5) is 0. The van der Waals surface area contributed by atoms with Gasteiger partial charge in [-0.3, -0.25) is 0 Å². The summed E-state index contributed by atoms with van der Waals surface area (Å²) < 4.78 is 5.95. The number of hydrogen-bond donors (Lipinski definition) is 1. The molecular weight excluding hydrogens is 246 g/mol. The van der Waals surface area contributed by atoms with E-state index in [1.165, 1.54) is 22.3 Å². The van der Waals surface area contributed by atoms with Crippen molar-refractivity contribution in [1.29, 1.82) is 0 Å². The van der Waals surface area contributed by atoms with Gasteiger partial charge in [-0.05, 0) is 50.5 Å². The third-order valence-corrected chi connectivity index (χ3v) is 3.62. The molecule has 0 fully saturated rings. The number of benzene rings is 2. The predicted octanol–water partition coefficient (Wildman–Crippen LogP) is 4.21. The van der Waals surface area contributed by atoms with Gasteiger partial charge in [0.25, 0.3) is 0 Å². The first-order chi connectivity index (χ1) is 9.47. The molecule has 20 heavy (non-hydrogen) atoms. The van der Waals surface area contributed by atoms with Crippen LogP contribution in [-0.4, -0.2) is 0 Å². The van der Waals surface area contributed by atoms with Crippen LogP contribution in [0.3, 0.4) is 0 Å². The molecule has 0 aliphatic heterocycles. The van der Waals surface area contributed by atoms with Crippen LogP contribution in [0.25, 0.3) is 0 Å². The van der Waals surface area contributed by atoms with Crippen LogP contribution in [0.5, 0.6) is 5.75 Å². The van der Waals surface area contributed by atoms with Crippen molar-refractivity contribution in [2.24, 2.45) is 5.73 Å². The number of hydrogen-bond acceptors (Lipinski definition) is 2. The second kappa shape index (κ2) is 6.10. The van der Waals surface area contributed by atoms with Crippen molar-refractivity contribution in [2.75, 3.05) is 0 Å². The van der Waals surface area contributed by atoms with Crippen LogP contribution in [0.4, 0.5) is 0 Å². The van der Waals surface area contributed by atoms with E-state index < -0.39 is 0 Å². The normalized spacial score (nSPS) is 12.2. The Labute approximate surface area is 121 Å². The van der Waals surface area contributed by atoms with Crippen molar-refractivity contribution in [1.82, 2.24) is 0 Å². The fourth-order valence-corrected chi connectivity index (χ4v) is 2.21. The van der Waals surface area contributed by atoms with Gasteiger partial charge in [0.05, 0.1) is 0 Å². The summed E-state index contributed by atoms with van der Waals surface area (Å²) in [6.07, 6.45) is 0. The number of aryl methyl sites for hydroxylation is 3. The van der Waals surface area contributed by atoms with Gasteiger partial charge in [-0.1, -0.05) is 35.9 Å². The minimum atomic E-state index is -0.0235. The molecule has 1 atom stereocenters. The fraction of sp³-hybridized carbons (Fsp3) is 0.333. The second-order valence-electron chi connectivity index (χ2n) is 5.54. The summed E-state index contributed by atoms with van der Waals surface area (Å²) in [5.74, 6) is 0.879. The van der Waals surface area contributed by atoms with Gasteiger partial charge < -0.3 is 10.5 Å². The third-order valence-electron chi connectivity index (χ3n) is 3.62. The Bertz CT molecular complexity index is 602. The summed E-state index contributed by atoms with van der Waals surface area (Å²) in [7, 11) is 0. The van der Waals surface area contributed by atoms with E-state index in [4.69, 9.17) is 10.5 Å². The third kappa shape index (κ3) is 3.40. The molecule has 0 aliphatic carbocycles. The molecule has 2 rings (SSSR count). The molecule has 2 aromatic rings. The summed E-state index contributed by atoms with van der Waals surface area (Å²) in [5, 5.41) is 0. The molecule has 0 bridgehead atoms. The van der Waals surface area contributed by atoms with E-state index in [0.717, 1.165) is 11.3 Å². The number of rotatable bonds is 4. The average molecular weight is 269 g/mol.